The van der Waals surface area contributed by atoms with Crippen molar-refractivity contribution in [1.29, 1.82) is 5.26 Å². The molecule has 158 valence electrons. The molecule has 1 amide bonds. The lowest BCUT2D eigenvalue weighted by atomic mass is 9.98. The average molecular weight is 409 g/mol. The highest BCUT2D eigenvalue weighted by Gasteiger charge is 2.32. The van der Waals surface area contributed by atoms with E-state index in [2.05, 4.69) is 21.1 Å². The zero-order chi connectivity index (χ0) is 20.9. The molecule has 8 heteroatoms. The lowest BCUT2D eigenvalue weighted by Gasteiger charge is -2.37. The van der Waals surface area contributed by atoms with E-state index >= 15 is 0 Å². The van der Waals surface area contributed by atoms with Crippen molar-refractivity contribution in [2.75, 3.05) is 39.9 Å². The van der Waals surface area contributed by atoms with Crippen molar-refractivity contribution >= 4 is 5.91 Å². The summed E-state index contributed by atoms with van der Waals surface area (Å²) in [6.07, 6.45) is 2.19. The minimum atomic E-state index is 0.0689. The van der Waals surface area contributed by atoms with E-state index in [0.29, 0.717) is 43.5 Å². The van der Waals surface area contributed by atoms with Gasteiger partial charge in [0.15, 0.2) is 5.82 Å². The molecule has 4 rings (SSSR count). The van der Waals surface area contributed by atoms with Gasteiger partial charge in [-0.25, -0.2) is 0 Å². The lowest BCUT2D eigenvalue weighted by Crippen LogP contribution is -2.44. The van der Waals surface area contributed by atoms with E-state index in [-0.39, 0.29) is 17.7 Å². The molecule has 2 fully saturated rings. The van der Waals surface area contributed by atoms with Crippen LogP contribution in [0.5, 0.6) is 0 Å². The Morgan fingerprint density at radius 3 is 2.90 bits per heavy atom. The Kier molecular flexibility index (Phi) is 6.41. The highest BCUT2D eigenvalue weighted by Crippen LogP contribution is 2.27. The van der Waals surface area contributed by atoms with Crippen LogP contribution in [-0.4, -0.2) is 65.7 Å². The van der Waals surface area contributed by atoms with Crippen LogP contribution in [0.25, 0.3) is 0 Å². The van der Waals surface area contributed by atoms with Crippen LogP contribution in [0.2, 0.25) is 0 Å². The number of carbonyl (C=O) groups is 1. The fourth-order valence-corrected chi connectivity index (χ4v) is 4.02. The maximum absolute atomic E-state index is 12.5. The molecule has 1 aromatic heterocycles. The van der Waals surface area contributed by atoms with E-state index in [1.165, 1.54) is 0 Å². The van der Waals surface area contributed by atoms with Crippen molar-refractivity contribution in [3.8, 4) is 6.07 Å². The molecular weight excluding hydrogens is 382 g/mol. The predicted octanol–water partition coefficient (Wildman–Crippen LogP) is 1.97. The van der Waals surface area contributed by atoms with Crippen LogP contribution < -0.4 is 0 Å². The van der Waals surface area contributed by atoms with E-state index in [1.807, 2.05) is 31.3 Å². The Balaban J connectivity index is 1.22. The van der Waals surface area contributed by atoms with Gasteiger partial charge < -0.3 is 14.2 Å². The van der Waals surface area contributed by atoms with Gasteiger partial charge in [0, 0.05) is 58.8 Å². The number of rotatable bonds is 7. The Morgan fingerprint density at radius 2 is 2.13 bits per heavy atom. The first-order valence-electron chi connectivity index (χ1n) is 10.5. The van der Waals surface area contributed by atoms with Crippen molar-refractivity contribution in [2.24, 2.45) is 5.92 Å². The van der Waals surface area contributed by atoms with E-state index in [4.69, 9.17) is 14.5 Å². The molecule has 2 aromatic rings. The molecule has 2 saturated heterocycles. The molecule has 2 aliphatic rings. The molecule has 0 aliphatic carbocycles. The van der Waals surface area contributed by atoms with E-state index < -0.39 is 0 Å². The molecule has 0 atom stereocenters. The highest BCUT2D eigenvalue weighted by molar-refractivity contribution is 5.78. The van der Waals surface area contributed by atoms with Crippen LogP contribution in [0.15, 0.2) is 28.8 Å². The van der Waals surface area contributed by atoms with Gasteiger partial charge in [0.2, 0.25) is 11.8 Å². The number of ether oxygens (including phenoxy) is 1. The molecule has 0 N–H and O–H groups in total. The van der Waals surface area contributed by atoms with Gasteiger partial charge >= 0.3 is 0 Å². The van der Waals surface area contributed by atoms with Crippen molar-refractivity contribution in [2.45, 2.75) is 31.7 Å². The van der Waals surface area contributed by atoms with Crippen LogP contribution in [-0.2, 0) is 22.5 Å². The molecule has 0 radical (unpaired) electrons. The van der Waals surface area contributed by atoms with Gasteiger partial charge in [0.05, 0.1) is 17.6 Å². The van der Waals surface area contributed by atoms with Crippen LogP contribution in [0.4, 0.5) is 0 Å². The molecule has 0 bridgehead atoms. The van der Waals surface area contributed by atoms with Gasteiger partial charge in [0.25, 0.3) is 0 Å². The summed E-state index contributed by atoms with van der Waals surface area (Å²) >= 11 is 0. The third-order valence-electron chi connectivity index (χ3n) is 5.87. The zero-order valence-corrected chi connectivity index (χ0v) is 17.3. The molecule has 0 saturated carbocycles. The van der Waals surface area contributed by atoms with Crippen LogP contribution in [0.3, 0.4) is 0 Å². The summed E-state index contributed by atoms with van der Waals surface area (Å²) in [5, 5.41) is 13.1. The quantitative estimate of drug-likeness (QED) is 0.690. The van der Waals surface area contributed by atoms with E-state index in [0.717, 1.165) is 38.0 Å². The largest absolute Gasteiger partial charge is 0.381 e. The number of likely N-dealkylation sites (N-methyl/N-ethyl adjacent to an activating group) is 1. The lowest BCUT2D eigenvalue weighted by molar-refractivity contribution is -0.137. The molecule has 3 heterocycles. The van der Waals surface area contributed by atoms with Crippen molar-refractivity contribution in [1.82, 2.24) is 19.9 Å². The number of hydrogen-bond acceptors (Lipinski definition) is 7. The number of benzene rings is 1. The second-order valence-corrected chi connectivity index (χ2v) is 8.15. The fraction of sp³-hybridized carbons (Fsp3) is 0.545. The SMILES string of the molecule is CN(CCc1noc(C2CN(Cc3cccc(C#N)c3)C2)n1)C(=O)C1CCOCC1. The smallest absolute Gasteiger partial charge is 0.232 e. The van der Waals surface area contributed by atoms with Gasteiger partial charge in [-0.3, -0.25) is 9.69 Å². The Labute approximate surface area is 176 Å². The summed E-state index contributed by atoms with van der Waals surface area (Å²) in [5.41, 5.74) is 1.82. The standard InChI is InChI=1S/C22H27N5O3/c1-26(22(28)18-6-9-29-10-7-18)8-5-20-24-21(30-25-20)19-14-27(15-19)13-17-4-2-3-16(11-17)12-23/h2-4,11,18-19H,5-10,13-15H2,1H3. The van der Waals surface area contributed by atoms with Crippen molar-refractivity contribution in [3.63, 3.8) is 0 Å². The Bertz CT molecular complexity index is 909. The summed E-state index contributed by atoms with van der Waals surface area (Å²) in [7, 11) is 1.84. The molecule has 0 unspecified atom stereocenters. The molecular formula is C22H27N5O3. The maximum Gasteiger partial charge on any atom is 0.232 e. The minimum absolute atomic E-state index is 0.0689. The number of carbonyl (C=O) groups excluding carboxylic acids is 1. The van der Waals surface area contributed by atoms with Crippen LogP contribution >= 0.6 is 0 Å². The Morgan fingerprint density at radius 1 is 1.33 bits per heavy atom. The zero-order valence-electron chi connectivity index (χ0n) is 17.3. The van der Waals surface area contributed by atoms with E-state index in [9.17, 15) is 4.79 Å². The summed E-state index contributed by atoms with van der Waals surface area (Å²) < 4.78 is 10.8. The van der Waals surface area contributed by atoms with Crippen molar-refractivity contribution in [3.05, 3.63) is 47.1 Å². The predicted molar refractivity (Wildman–Crippen MR) is 108 cm³/mol. The number of nitrogens with zero attached hydrogens (tertiary/aromatic N) is 5. The monoisotopic (exact) mass is 409 g/mol. The first-order chi connectivity index (χ1) is 14.6. The summed E-state index contributed by atoms with van der Waals surface area (Å²) in [6.45, 7) is 4.45. The van der Waals surface area contributed by atoms with Gasteiger partial charge in [-0.2, -0.15) is 10.2 Å². The first kappa shape index (κ1) is 20.5. The topological polar surface area (TPSA) is 95.5 Å². The van der Waals surface area contributed by atoms with Gasteiger partial charge in [-0.15, -0.1) is 0 Å². The normalized spacial score (nSPS) is 18.0. The van der Waals surface area contributed by atoms with Crippen LogP contribution in [0.1, 0.15) is 41.6 Å². The number of amides is 1. The summed E-state index contributed by atoms with van der Waals surface area (Å²) in [5.74, 6) is 1.81. The van der Waals surface area contributed by atoms with Gasteiger partial charge in [0.1, 0.15) is 0 Å². The second kappa shape index (κ2) is 9.37. The van der Waals surface area contributed by atoms with Crippen LogP contribution in [0, 0.1) is 17.2 Å². The molecule has 1 aromatic carbocycles. The molecule has 2 aliphatic heterocycles. The number of aromatic nitrogens is 2. The summed E-state index contributed by atoms with van der Waals surface area (Å²) in [6, 6.07) is 9.88. The summed E-state index contributed by atoms with van der Waals surface area (Å²) in [4.78, 5) is 21.1. The third kappa shape index (κ3) is 4.86. The van der Waals surface area contributed by atoms with Crippen molar-refractivity contribution < 1.29 is 14.1 Å². The minimum Gasteiger partial charge on any atom is -0.381 e. The average Bonchev–Trinajstić information content (AvgIpc) is 3.23. The number of hydrogen-bond donors (Lipinski definition) is 0. The van der Waals surface area contributed by atoms with E-state index in [1.54, 1.807) is 4.90 Å². The first-order valence-corrected chi connectivity index (χ1v) is 10.5. The maximum atomic E-state index is 12.5. The van der Waals surface area contributed by atoms with Gasteiger partial charge in [-0.1, -0.05) is 17.3 Å². The molecule has 0 spiro atoms. The highest BCUT2D eigenvalue weighted by atomic mass is 16.5. The van der Waals surface area contributed by atoms with Gasteiger partial charge in [-0.05, 0) is 30.5 Å². The fourth-order valence-electron chi connectivity index (χ4n) is 4.02. The molecule has 30 heavy (non-hydrogen) atoms. The molecule has 8 nitrogen and oxygen atoms in total. The number of nitriles is 1. The Hall–Kier alpha value is -2.76. The number of likely N-dealkylation sites (tertiary alicyclic amines) is 1. The third-order valence-corrected chi connectivity index (χ3v) is 5.87. The second-order valence-electron chi connectivity index (χ2n) is 8.15.